The monoisotopic (exact) mass is 232 g/mol. The van der Waals surface area contributed by atoms with E-state index in [-0.39, 0.29) is 6.09 Å². The molecule has 1 aromatic rings. The van der Waals surface area contributed by atoms with E-state index in [1.807, 2.05) is 18.2 Å². The van der Waals surface area contributed by atoms with E-state index in [9.17, 15) is 4.79 Å². The molecule has 1 N–H and O–H groups in total. The van der Waals surface area contributed by atoms with Gasteiger partial charge in [-0.3, -0.25) is 0 Å². The average molecular weight is 232 g/mol. The Labute approximate surface area is 101 Å². The Hall–Kier alpha value is -1.81. The van der Waals surface area contributed by atoms with Crippen LogP contribution in [0.15, 0.2) is 30.8 Å². The fraction of sp³-hybridized carbons (Fsp3) is 0.308. The van der Waals surface area contributed by atoms with Gasteiger partial charge in [0.15, 0.2) is 0 Å². The summed E-state index contributed by atoms with van der Waals surface area (Å²) in [6.45, 7) is 6.71. The molecule has 1 aliphatic heterocycles. The molecule has 1 heterocycles. The molecule has 2 rings (SSSR count). The van der Waals surface area contributed by atoms with Crippen LogP contribution in [0.3, 0.4) is 0 Å². The third kappa shape index (κ3) is 2.85. The minimum atomic E-state index is -0.291. The summed E-state index contributed by atoms with van der Waals surface area (Å²) < 4.78 is 5.36. The molecule has 0 bridgehead atoms. The molecular weight excluding hydrogens is 216 g/mol. The van der Waals surface area contributed by atoms with Gasteiger partial charge in [0.05, 0.1) is 0 Å². The van der Waals surface area contributed by atoms with Crippen molar-refractivity contribution in [3.05, 3.63) is 36.4 Å². The Bertz CT molecular complexity index is 412. The Morgan fingerprint density at radius 1 is 1.35 bits per heavy atom. The summed E-state index contributed by atoms with van der Waals surface area (Å²) in [5.41, 5.74) is 0.830. The Morgan fingerprint density at radius 3 is 2.76 bits per heavy atom. The molecule has 17 heavy (non-hydrogen) atoms. The molecule has 4 nitrogen and oxygen atoms in total. The number of rotatable bonds is 2. The molecule has 0 saturated carbocycles. The summed E-state index contributed by atoms with van der Waals surface area (Å²) in [6.07, 6.45) is 1.39. The number of carbonyl (C=O) groups excluding carboxylic acids is 1. The standard InChI is InChI=1S/C13H16N2O2/c1-2-11-5-3-4-6-12(11)17-13(16)15-9-7-14-8-10-15/h2-6,14H,1,7-10H2. The van der Waals surface area contributed by atoms with Crippen molar-refractivity contribution in [2.75, 3.05) is 26.2 Å². The van der Waals surface area contributed by atoms with Crippen LogP contribution < -0.4 is 10.1 Å². The normalized spacial score (nSPS) is 15.4. The van der Waals surface area contributed by atoms with Gasteiger partial charge in [0.1, 0.15) is 5.75 Å². The third-order valence-corrected chi connectivity index (χ3v) is 2.71. The van der Waals surface area contributed by atoms with Gasteiger partial charge in [0.25, 0.3) is 0 Å². The number of benzene rings is 1. The first-order chi connectivity index (χ1) is 8.31. The number of para-hydroxylation sites is 1. The minimum Gasteiger partial charge on any atom is -0.410 e. The van der Waals surface area contributed by atoms with Crippen LogP contribution in [0.5, 0.6) is 5.75 Å². The van der Waals surface area contributed by atoms with Gasteiger partial charge < -0.3 is 15.0 Å². The highest BCUT2D eigenvalue weighted by Gasteiger charge is 2.18. The lowest BCUT2D eigenvalue weighted by Gasteiger charge is -2.26. The molecule has 1 aliphatic rings. The molecule has 0 atom stereocenters. The van der Waals surface area contributed by atoms with Crippen molar-refractivity contribution >= 4 is 12.2 Å². The number of ether oxygens (including phenoxy) is 1. The molecule has 1 amide bonds. The predicted molar refractivity (Wildman–Crippen MR) is 67.0 cm³/mol. The summed E-state index contributed by atoms with van der Waals surface area (Å²) >= 11 is 0. The second kappa shape index (κ2) is 5.50. The molecule has 0 spiro atoms. The summed E-state index contributed by atoms with van der Waals surface area (Å²) in [5, 5.41) is 3.19. The zero-order valence-electron chi connectivity index (χ0n) is 9.69. The zero-order valence-corrected chi connectivity index (χ0v) is 9.69. The van der Waals surface area contributed by atoms with Crippen molar-refractivity contribution in [2.24, 2.45) is 0 Å². The molecule has 0 radical (unpaired) electrons. The zero-order chi connectivity index (χ0) is 12.1. The largest absolute Gasteiger partial charge is 0.415 e. The number of nitrogens with one attached hydrogen (secondary N) is 1. The summed E-state index contributed by atoms with van der Waals surface area (Å²) in [4.78, 5) is 13.6. The van der Waals surface area contributed by atoms with Crippen molar-refractivity contribution in [1.82, 2.24) is 10.2 Å². The van der Waals surface area contributed by atoms with E-state index in [0.29, 0.717) is 18.8 Å². The first-order valence-corrected chi connectivity index (χ1v) is 5.70. The number of carbonyl (C=O) groups is 1. The fourth-order valence-corrected chi connectivity index (χ4v) is 1.75. The highest BCUT2D eigenvalue weighted by atomic mass is 16.6. The number of piperazine rings is 1. The maximum atomic E-state index is 11.9. The van der Waals surface area contributed by atoms with Crippen molar-refractivity contribution in [1.29, 1.82) is 0 Å². The van der Waals surface area contributed by atoms with Crippen LogP contribution in [0, 0.1) is 0 Å². The average Bonchev–Trinajstić information content (AvgIpc) is 2.40. The van der Waals surface area contributed by atoms with Crippen molar-refractivity contribution in [3.8, 4) is 5.75 Å². The molecular formula is C13H16N2O2. The molecule has 1 aromatic carbocycles. The van der Waals surface area contributed by atoms with Crippen molar-refractivity contribution in [2.45, 2.75) is 0 Å². The van der Waals surface area contributed by atoms with Crippen LogP contribution >= 0.6 is 0 Å². The lowest BCUT2D eigenvalue weighted by Crippen LogP contribution is -2.47. The molecule has 0 unspecified atom stereocenters. The number of amides is 1. The first-order valence-electron chi connectivity index (χ1n) is 5.70. The van der Waals surface area contributed by atoms with E-state index >= 15 is 0 Å². The summed E-state index contributed by atoms with van der Waals surface area (Å²) in [7, 11) is 0. The Balaban J connectivity index is 2.04. The minimum absolute atomic E-state index is 0.291. The van der Waals surface area contributed by atoms with Gasteiger partial charge in [0, 0.05) is 31.7 Å². The van der Waals surface area contributed by atoms with Gasteiger partial charge in [-0.15, -0.1) is 0 Å². The second-order valence-corrected chi connectivity index (χ2v) is 3.85. The van der Waals surface area contributed by atoms with Crippen LogP contribution in [-0.4, -0.2) is 37.2 Å². The van der Waals surface area contributed by atoms with Crippen molar-refractivity contribution in [3.63, 3.8) is 0 Å². The second-order valence-electron chi connectivity index (χ2n) is 3.85. The van der Waals surface area contributed by atoms with Gasteiger partial charge in [-0.1, -0.05) is 30.9 Å². The van der Waals surface area contributed by atoms with Gasteiger partial charge in [-0.25, -0.2) is 4.79 Å². The van der Waals surface area contributed by atoms with E-state index in [4.69, 9.17) is 4.74 Å². The third-order valence-electron chi connectivity index (χ3n) is 2.71. The summed E-state index contributed by atoms with van der Waals surface area (Å²) in [5.74, 6) is 0.561. The quantitative estimate of drug-likeness (QED) is 0.844. The van der Waals surface area contributed by atoms with Crippen LogP contribution in [0.25, 0.3) is 6.08 Å². The van der Waals surface area contributed by atoms with Gasteiger partial charge in [0.2, 0.25) is 0 Å². The SMILES string of the molecule is C=Cc1ccccc1OC(=O)N1CCNCC1. The van der Waals surface area contributed by atoms with E-state index in [0.717, 1.165) is 18.7 Å². The smallest absolute Gasteiger partial charge is 0.410 e. The maximum absolute atomic E-state index is 11.9. The highest BCUT2D eigenvalue weighted by molar-refractivity contribution is 5.72. The van der Waals surface area contributed by atoms with E-state index in [2.05, 4.69) is 11.9 Å². The number of hydrogen-bond acceptors (Lipinski definition) is 3. The molecule has 0 aliphatic carbocycles. The van der Waals surface area contributed by atoms with Gasteiger partial charge >= 0.3 is 6.09 Å². The van der Waals surface area contributed by atoms with E-state index < -0.39 is 0 Å². The molecule has 1 fully saturated rings. The molecule has 90 valence electrons. The van der Waals surface area contributed by atoms with Gasteiger partial charge in [-0.2, -0.15) is 0 Å². The summed E-state index contributed by atoms with van der Waals surface area (Å²) in [6, 6.07) is 7.37. The number of hydrogen-bond donors (Lipinski definition) is 1. The first kappa shape index (κ1) is 11.7. The topological polar surface area (TPSA) is 41.6 Å². The Morgan fingerprint density at radius 2 is 2.06 bits per heavy atom. The Kier molecular flexibility index (Phi) is 3.77. The van der Waals surface area contributed by atoms with Crippen LogP contribution in [0.4, 0.5) is 4.79 Å². The fourth-order valence-electron chi connectivity index (χ4n) is 1.75. The predicted octanol–water partition coefficient (Wildman–Crippen LogP) is 1.73. The number of nitrogens with zero attached hydrogens (tertiary/aromatic N) is 1. The van der Waals surface area contributed by atoms with Crippen LogP contribution in [-0.2, 0) is 0 Å². The van der Waals surface area contributed by atoms with Crippen LogP contribution in [0.1, 0.15) is 5.56 Å². The van der Waals surface area contributed by atoms with Gasteiger partial charge in [-0.05, 0) is 6.07 Å². The van der Waals surface area contributed by atoms with E-state index in [1.165, 1.54) is 0 Å². The molecule has 1 saturated heterocycles. The molecule has 0 aromatic heterocycles. The van der Waals surface area contributed by atoms with Crippen LogP contribution in [0.2, 0.25) is 0 Å². The lowest BCUT2D eigenvalue weighted by atomic mass is 10.2. The highest BCUT2D eigenvalue weighted by Crippen LogP contribution is 2.19. The molecule has 4 heteroatoms. The lowest BCUT2D eigenvalue weighted by molar-refractivity contribution is 0.146. The van der Waals surface area contributed by atoms with E-state index in [1.54, 1.807) is 17.0 Å². The van der Waals surface area contributed by atoms with Crippen molar-refractivity contribution < 1.29 is 9.53 Å². The maximum Gasteiger partial charge on any atom is 0.415 e.